The van der Waals surface area contributed by atoms with Gasteiger partial charge in [-0.3, -0.25) is 9.59 Å². The van der Waals surface area contributed by atoms with E-state index in [1.165, 1.54) is 4.90 Å². The van der Waals surface area contributed by atoms with E-state index in [2.05, 4.69) is 15.9 Å². The van der Waals surface area contributed by atoms with E-state index in [0.29, 0.717) is 18.0 Å². The summed E-state index contributed by atoms with van der Waals surface area (Å²) in [6, 6.07) is 5.34. The van der Waals surface area contributed by atoms with E-state index in [1.54, 1.807) is 12.1 Å². The van der Waals surface area contributed by atoms with Crippen LogP contribution in [0.3, 0.4) is 0 Å². The van der Waals surface area contributed by atoms with Crippen molar-refractivity contribution in [3.05, 3.63) is 33.8 Å². The van der Waals surface area contributed by atoms with E-state index in [0.717, 1.165) is 22.9 Å². The minimum absolute atomic E-state index is 0.213. The van der Waals surface area contributed by atoms with Gasteiger partial charge in [-0.05, 0) is 43.4 Å². The molecule has 0 bridgehead atoms. The summed E-state index contributed by atoms with van der Waals surface area (Å²) in [5.74, 6) is -0.715. The lowest BCUT2D eigenvalue weighted by molar-refractivity contribution is -0.137. The third kappa shape index (κ3) is 3.80. The minimum atomic E-state index is -0.972. The van der Waals surface area contributed by atoms with Gasteiger partial charge in [-0.25, -0.2) is 0 Å². The molecule has 19 heavy (non-hydrogen) atoms. The van der Waals surface area contributed by atoms with Gasteiger partial charge >= 0.3 is 5.97 Å². The summed E-state index contributed by atoms with van der Waals surface area (Å²) in [5, 5.41) is 8.91. The zero-order valence-corrected chi connectivity index (χ0v) is 12.3. The van der Waals surface area contributed by atoms with E-state index in [1.807, 2.05) is 13.0 Å². The SMILES string of the molecule is Cc1ccc(C(=O)N(CC(=O)O)CC2CC2)cc1Br. The van der Waals surface area contributed by atoms with Crippen molar-refractivity contribution >= 4 is 27.8 Å². The van der Waals surface area contributed by atoms with Crippen LogP contribution in [0.5, 0.6) is 0 Å². The average molecular weight is 326 g/mol. The maximum Gasteiger partial charge on any atom is 0.323 e. The number of hydrogen-bond donors (Lipinski definition) is 1. The number of carbonyl (C=O) groups excluding carboxylic acids is 1. The van der Waals surface area contributed by atoms with E-state index < -0.39 is 5.97 Å². The molecule has 1 N–H and O–H groups in total. The number of carbonyl (C=O) groups is 2. The van der Waals surface area contributed by atoms with Gasteiger partial charge in [-0.2, -0.15) is 0 Å². The number of aliphatic carboxylic acids is 1. The van der Waals surface area contributed by atoms with E-state index in [-0.39, 0.29) is 12.5 Å². The lowest BCUT2D eigenvalue weighted by Crippen LogP contribution is -2.37. The van der Waals surface area contributed by atoms with Crippen molar-refractivity contribution in [2.24, 2.45) is 5.92 Å². The Balaban J connectivity index is 2.16. The minimum Gasteiger partial charge on any atom is -0.480 e. The number of hydrogen-bond acceptors (Lipinski definition) is 2. The number of rotatable bonds is 5. The van der Waals surface area contributed by atoms with Crippen LogP contribution in [0, 0.1) is 12.8 Å². The summed E-state index contributed by atoms with van der Waals surface area (Å²) in [7, 11) is 0. The van der Waals surface area contributed by atoms with E-state index in [9.17, 15) is 9.59 Å². The topological polar surface area (TPSA) is 57.6 Å². The predicted octanol–water partition coefficient (Wildman–Crippen LogP) is 2.69. The van der Waals surface area contributed by atoms with Crippen LogP contribution in [0.2, 0.25) is 0 Å². The maximum absolute atomic E-state index is 12.3. The Bertz CT molecular complexity index is 511. The lowest BCUT2D eigenvalue weighted by Gasteiger charge is -2.20. The molecule has 0 spiro atoms. The molecule has 0 saturated heterocycles. The molecular weight excluding hydrogens is 310 g/mol. The second-order valence-corrected chi connectivity index (χ2v) is 5.84. The Kier molecular flexibility index (Phi) is 4.24. The maximum atomic E-state index is 12.3. The number of aryl methyl sites for hydroxylation is 1. The molecule has 0 aliphatic heterocycles. The molecule has 0 radical (unpaired) electrons. The van der Waals surface area contributed by atoms with Gasteiger partial charge < -0.3 is 10.0 Å². The average Bonchev–Trinajstić information content (AvgIpc) is 3.14. The molecule has 1 saturated carbocycles. The van der Waals surface area contributed by atoms with Crippen molar-refractivity contribution < 1.29 is 14.7 Å². The highest BCUT2D eigenvalue weighted by Crippen LogP contribution is 2.30. The van der Waals surface area contributed by atoms with Crippen LogP contribution in [0.1, 0.15) is 28.8 Å². The molecule has 1 amide bonds. The Morgan fingerprint density at radius 3 is 2.63 bits per heavy atom. The number of benzene rings is 1. The number of nitrogens with zero attached hydrogens (tertiary/aromatic N) is 1. The summed E-state index contributed by atoms with van der Waals surface area (Å²) in [6.07, 6.45) is 2.17. The van der Waals surface area contributed by atoms with Crippen molar-refractivity contribution in [3.63, 3.8) is 0 Å². The zero-order chi connectivity index (χ0) is 14.0. The molecular formula is C14H16BrNO3. The Morgan fingerprint density at radius 1 is 1.42 bits per heavy atom. The second-order valence-electron chi connectivity index (χ2n) is 4.99. The monoisotopic (exact) mass is 325 g/mol. The molecule has 1 aliphatic rings. The Morgan fingerprint density at radius 2 is 2.11 bits per heavy atom. The molecule has 2 rings (SSSR count). The number of halogens is 1. The van der Waals surface area contributed by atoms with Crippen LogP contribution in [-0.2, 0) is 4.79 Å². The fraction of sp³-hybridized carbons (Fsp3) is 0.429. The summed E-state index contributed by atoms with van der Waals surface area (Å²) in [4.78, 5) is 24.6. The van der Waals surface area contributed by atoms with Crippen LogP contribution in [0.25, 0.3) is 0 Å². The number of carboxylic acids is 1. The quantitative estimate of drug-likeness (QED) is 0.905. The molecule has 1 aliphatic carbocycles. The molecule has 102 valence electrons. The molecule has 0 atom stereocenters. The molecule has 1 aromatic carbocycles. The smallest absolute Gasteiger partial charge is 0.323 e. The summed E-state index contributed by atoms with van der Waals surface area (Å²) in [5.41, 5.74) is 1.57. The standard InChI is InChI=1S/C14H16BrNO3/c1-9-2-5-11(6-12(9)15)14(19)16(8-13(17)18)7-10-3-4-10/h2,5-6,10H,3-4,7-8H2,1H3,(H,17,18). The van der Waals surface area contributed by atoms with Gasteiger partial charge in [-0.1, -0.05) is 22.0 Å². The van der Waals surface area contributed by atoms with Crippen LogP contribution in [-0.4, -0.2) is 35.0 Å². The Hall–Kier alpha value is -1.36. The second kappa shape index (κ2) is 5.74. The first-order chi connectivity index (χ1) is 8.97. The summed E-state index contributed by atoms with van der Waals surface area (Å²) < 4.78 is 0.861. The highest BCUT2D eigenvalue weighted by Gasteiger charge is 2.28. The molecule has 1 fully saturated rings. The summed E-state index contributed by atoms with van der Waals surface area (Å²) in [6.45, 7) is 2.25. The molecule has 0 unspecified atom stereocenters. The van der Waals surface area contributed by atoms with Gasteiger partial charge in [0.1, 0.15) is 6.54 Å². The van der Waals surface area contributed by atoms with Gasteiger partial charge in [0.2, 0.25) is 0 Å². The molecule has 4 nitrogen and oxygen atoms in total. The normalized spacial score (nSPS) is 14.2. The third-order valence-corrected chi connectivity index (χ3v) is 4.06. The van der Waals surface area contributed by atoms with E-state index in [4.69, 9.17) is 5.11 Å². The highest BCUT2D eigenvalue weighted by molar-refractivity contribution is 9.10. The van der Waals surface area contributed by atoms with Gasteiger partial charge in [0.15, 0.2) is 0 Å². The first kappa shape index (κ1) is 14.1. The molecule has 5 heteroatoms. The zero-order valence-electron chi connectivity index (χ0n) is 10.7. The molecule has 0 aromatic heterocycles. The van der Waals surface area contributed by atoms with Crippen LogP contribution in [0.15, 0.2) is 22.7 Å². The van der Waals surface area contributed by atoms with E-state index >= 15 is 0 Å². The first-order valence-corrected chi connectivity index (χ1v) is 7.04. The molecule has 0 heterocycles. The van der Waals surface area contributed by atoms with Gasteiger partial charge in [0.05, 0.1) is 0 Å². The van der Waals surface area contributed by atoms with Crippen molar-refractivity contribution in [3.8, 4) is 0 Å². The van der Waals surface area contributed by atoms with Crippen molar-refractivity contribution in [2.75, 3.05) is 13.1 Å². The van der Waals surface area contributed by atoms with Crippen molar-refractivity contribution in [1.29, 1.82) is 0 Å². The fourth-order valence-corrected chi connectivity index (χ4v) is 2.28. The lowest BCUT2D eigenvalue weighted by atomic mass is 10.1. The largest absolute Gasteiger partial charge is 0.480 e. The van der Waals surface area contributed by atoms with Crippen LogP contribution in [0.4, 0.5) is 0 Å². The highest BCUT2D eigenvalue weighted by atomic mass is 79.9. The van der Waals surface area contributed by atoms with Gasteiger partial charge in [-0.15, -0.1) is 0 Å². The van der Waals surface area contributed by atoms with Crippen LogP contribution >= 0.6 is 15.9 Å². The van der Waals surface area contributed by atoms with Gasteiger partial charge in [0.25, 0.3) is 5.91 Å². The van der Waals surface area contributed by atoms with Gasteiger partial charge in [0, 0.05) is 16.6 Å². The fourth-order valence-electron chi connectivity index (χ4n) is 1.90. The van der Waals surface area contributed by atoms with Crippen molar-refractivity contribution in [2.45, 2.75) is 19.8 Å². The molecule has 1 aromatic rings. The number of carboxylic acid groups (broad SMARTS) is 1. The predicted molar refractivity (Wildman–Crippen MR) is 75.1 cm³/mol. The van der Waals surface area contributed by atoms with Crippen molar-refractivity contribution in [1.82, 2.24) is 4.90 Å². The first-order valence-electron chi connectivity index (χ1n) is 6.24. The number of amides is 1. The Labute approximate surface area is 120 Å². The third-order valence-electron chi connectivity index (χ3n) is 3.21. The van der Waals surface area contributed by atoms with Crippen LogP contribution < -0.4 is 0 Å². The summed E-state index contributed by atoms with van der Waals surface area (Å²) >= 11 is 3.39.